The maximum atomic E-state index is 13.5. The van der Waals surface area contributed by atoms with Gasteiger partial charge in [0.25, 0.3) is 29.3 Å². The lowest BCUT2D eigenvalue weighted by Gasteiger charge is -2.29. The minimum atomic E-state index is -0.707. The molecule has 2 aliphatic rings. The number of rotatable bonds is 6. The van der Waals surface area contributed by atoms with Gasteiger partial charge in [-0.2, -0.15) is 0 Å². The zero-order valence-corrected chi connectivity index (χ0v) is 27.5. The molecule has 14 heteroatoms. The fourth-order valence-corrected chi connectivity index (χ4v) is 8.01. The summed E-state index contributed by atoms with van der Waals surface area (Å²) in [5.41, 5.74) is 3.78. The van der Waals surface area contributed by atoms with Gasteiger partial charge in [0.05, 0.1) is 42.5 Å². The van der Waals surface area contributed by atoms with E-state index in [-0.39, 0.29) is 21.9 Å². The molecule has 1 aromatic heterocycles. The number of carbonyl (C=O) groups is 4. The number of benzene rings is 4. The van der Waals surface area contributed by atoms with Crippen molar-refractivity contribution in [3.8, 4) is 0 Å². The molecule has 0 atom stereocenters. The molecule has 48 heavy (non-hydrogen) atoms. The van der Waals surface area contributed by atoms with Gasteiger partial charge in [-0.05, 0) is 97.4 Å². The largest absolute Gasteiger partial charge is 0.298 e. The monoisotopic (exact) mass is 691 g/mol. The van der Waals surface area contributed by atoms with Gasteiger partial charge in [-0.3, -0.25) is 39.5 Å². The number of nitro groups is 1. The van der Waals surface area contributed by atoms with E-state index < -0.39 is 28.6 Å². The molecule has 0 bridgehead atoms. The van der Waals surface area contributed by atoms with Crippen LogP contribution in [-0.4, -0.2) is 38.6 Å². The Morgan fingerprint density at radius 2 is 1.54 bits per heavy atom. The van der Waals surface area contributed by atoms with E-state index >= 15 is 0 Å². The van der Waals surface area contributed by atoms with E-state index in [0.29, 0.717) is 42.0 Å². The predicted octanol–water partition coefficient (Wildman–Crippen LogP) is 6.60. The van der Waals surface area contributed by atoms with Gasteiger partial charge in [-0.15, -0.1) is 11.3 Å². The first-order valence-electron chi connectivity index (χ1n) is 14.3. The molecule has 4 amide bonds. The first kappa shape index (κ1) is 31.1. The van der Waals surface area contributed by atoms with Crippen molar-refractivity contribution in [3.63, 3.8) is 0 Å². The van der Waals surface area contributed by atoms with Gasteiger partial charge in [0.2, 0.25) is 0 Å². The molecule has 3 heterocycles. The Kier molecular flexibility index (Phi) is 7.70. The van der Waals surface area contributed by atoms with Crippen molar-refractivity contribution in [2.45, 2.75) is 23.1 Å². The zero-order valence-electron chi connectivity index (χ0n) is 25.0. The van der Waals surface area contributed by atoms with E-state index in [1.807, 2.05) is 19.9 Å². The molecular weight excluding hydrogens is 671 g/mol. The Labute approximate surface area is 286 Å². The Balaban J connectivity index is 1.17. The van der Waals surface area contributed by atoms with Crippen LogP contribution in [0.4, 0.5) is 17.1 Å². The number of hydrogen-bond acceptors (Lipinski definition) is 10. The molecule has 5 aromatic rings. The second-order valence-electron chi connectivity index (χ2n) is 11.0. The number of hydrogen-bond donors (Lipinski definition) is 1. The van der Waals surface area contributed by atoms with E-state index in [2.05, 4.69) is 10.3 Å². The summed E-state index contributed by atoms with van der Waals surface area (Å²) >= 11 is 7.64. The quantitative estimate of drug-likeness (QED) is 0.0520. The van der Waals surface area contributed by atoms with Crippen LogP contribution in [0.1, 0.15) is 37.4 Å². The maximum absolute atomic E-state index is 13.5. The van der Waals surface area contributed by atoms with E-state index in [4.69, 9.17) is 12.2 Å². The first-order chi connectivity index (χ1) is 23.0. The molecule has 11 nitrogen and oxygen atoms in total. The second kappa shape index (κ2) is 11.9. The van der Waals surface area contributed by atoms with Crippen molar-refractivity contribution in [3.05, 3.63) is 122 Å². The van der Waals surface area contributed by atoms with E-state index in [9.17, 15) is 29.3 Å². The summed E-state index contributed by atoms with van der Waals surface area (Å²) in [5, 5.41) is 14.6. The molecule has 0 aliphatic carbocycles. The minimum absolute atomic E-state index is 0.0587. The molecule has 0 radical (unpaired) electrons. The smallest absolute Gasteiger partial charge is 0.283 e. The third kappa shape index (κ3) is 5.45. The molecule has 2 aliphatic heterocycles. The molecule has 236 valence electrons. The Morgan fingerprint density at radius 1 is 0.854 bits per heavy atom. The van der Waals surface area contributed by atoms with Crippen molar-refractivity contribution >= 4 is 97.4 Å². The van der Waals surface area contributed by atoms with Crippen LogP contribution in [0, 0.1) is 24.0 Å². The highest BCUT2D eigenvalue weighted by molar-refractivity contribution is 8.01. The van der Waals surface area contributed by atoms with Gasteiger partial charge in [-0.25, -0.2) is 9.88 Å². The normalized spacial score (nSPS) is 15.5. The predicted molar refractivity (Wildman–Crippen MR) is 187 cm³/mol. The maximum Gasteiger partial charge on any atom is 0.283 e. The van der Waals surface area contributed by atoms with Crippen LogP contribution < -0.4 is 15.1 Å². The number of amides is 4. The highest BCUT2D eigenvalue weighted by Crippen LogP contribution is 2.41. The molecular formula is C34H21N5O6S3. The molecule has 1 saturated heterocycles. The Bertz CT molecular complexity index is 2280. The van der Waals surface area contributed by atoms with Crippen LogP contribution in [0.2, 0.25) is 0 Å². The lowest BCUT2D eigenvalue weighted by atomic mass is 10.1. The van der Waals surface area contributed by atoms with Gasteiger partial charge in [0.1, 0.15) is 5.57 Å². The Hall–Kier alpha value is -5.57. The number of nitrogens with zero attached hydrogens (tertiary/aromatic N) is 4. The van der Waals surface area contributed by atoms with Gasteiger partial charge >= 0.3 is 0 Å². The fraction of sp³-hybridized carbons (Fsp3) is 0.0588. The first-order valence-corrected chi connectivity index (χ1v) is 16.4. The number of aryl methyl sites for hydroxylation is 2. The fourth-order valence-electron chi connectivity index (χ4n) is 5.58. The number of aromatic nitrogens is 1. The van der Waals surface area contributed by atoms with Gasteiger partial charge < -0.3 is 0 Å². The van der Waals surface area contributed by atoms with Crippen LogP contribution in [0.15, 0.2) is 93.7 Å². The standard InChI is InChI=1S/C34H21N5O6S3/c1-17-11-18(2)13-21(12-17)38-32(43)24(29(40)36-33(38)46)14-19-7-10-27(26(15-19)39(44)45)47-34-35-25-9-8-20(16-28(25)48-34)37-30(41)22-5-3-4-6-23(22)31(37)42/h3-16H,1-2H3,(H,36,40,46)/b24-14+. The van der Waals surface area contributed by atoms with E-state index in [0.717, 1.165) is 27.8 Å². The van der Waals surface area contributed by atoms with E-state index in [1.54, 1.807) is 60.7 Å². The van der Waals surface area contributed by atoms with Crippen molar-refractivity contribution in [1.29, 1.82) is 0 Å². The highest BCUT2D eigenvalue weighted by atomic mass is 32.2. The summed E-state index contributed by atoms with van der Waals surface area (Å²) in [7, 11) is 0. The van der Waals surface area contributed by atoms with Gasteiger partial charge in [-0.1, -0.05) is 36.0 Å². The third-order valence-electron chi connectivity index (χ3n) is 7.66. The van der Waals surface area contributed by atoms with Crippen LogP contribution in [0.3, 0.4) is 0 Å². The van der Waals surface area contributed by atoms with E-state index in [1.165, 1.54) is 34.4 Å². The number of thiocarbonyl (C=S) groups is 1. The van der Waals surface area contributed by atoms with Crippen LogP contribution in [0.5, 0.6) is 0 Å². The Morgan fingerprint density at radius 3 is 2.21 bits per heavy atom. The van der Waals surface area contributed by atoms with Crippen molar-refractivity contribution in [2.24, 2.45) is 0 Å². The number of nitrogens with one attached hydrogen (secondary N) is 1. The average molecular weight is 692 g/mol. The number of thiazole rings is 1. The van der Waals surface area contributed by atoms with Crippen molar-refractivity contribution in [1.82, 2.24) is 10.3 Å². The lowest BCUT2D eigenvalue weighted by Crippen LogP contribution is -2.54. The molecule has 4 aromatic carbocycles. The van der Waals surface area contributed by atoms with Gasteiger partial charge in [0.15, 0.2) is 9.45 Å². The summed E-state index contributed by atoms with van der Waals surface area (Å²) in [6.45, 7) is 3.76. The summed E-state index contributed by atoms with van der Waals surface area (Å²) in [5.74, 6) is -2.17. The van der Waals surface area contributed by atoms with Crippen molar-refractivity contribution in [2.75, 3.05) is 9.80 Å². The summed E-state index contributed by atoms with van der Waals surface area (Å²) in [6, 6.07) is 21.5. The molecule has 1 fully saturated rings. The third-order valence-corrected chi connectivity index (χ3v) is 10.1. The molecule has 0 unspecified atom stereocenters. The highest BCUT2D eigenvalue weighted by Gasteiger charge is 2.37. The summed E-state index contributed by atoms with van der Waals surface area (Å²) in [6.07, 6.45) is 1.30. The van der Waals surface area contributed by atoms with Gasteiger partial charge in [0, 0.05) is 6.07 Å². The molecule has 0 spiro atoms. The number of imide groups is 1. The SMILES string of the molecule is Cc1cc(C)cc(N2C(=O)/C(=C/c3ccc(Sc4nc5ccc(N6C(=O)c7ccccc7C6=O)cc5s4)c([N+](=O)[O-])c3)C(=O)NC2=S)c1. The lowest BCUT2D eigenvalue weighted by molar-refractivity contribution is -0.387. The minimum Gasteiger partial charge on any atom is -0.298 e. The number of fused-ring (bicyclic) bond motifs is 2. The van der Waals surface area contributed by atoms with Crippen LogP contribution >= 0.6 is 35.3 Å². The zero-order chi connectivity index (χ0) is 33.9. The molecule has 1 N–H and O–H groups in total. The van der Waals surface area contributed by atoms with Crippen LogP contribution in [0.25, 0.3) is 16.3 Å². The summed E-state index contributed by atoms with van der Waals surface area (Å²) < 4.78 is 1.18. The number of carbonyl (C=O) groups excluding carboxylic acids is 4. The number of nitro benzene ring substituents is 1. The molecule has 0 saturated carbocycles. The van der Waals surface area contributed by atoms with Crippen molar-refractivity contribution < 1.29 is 24.1 Å². The number of anilines is 2. The average Bonchev–Trinajstić information content (AvgIpc) is 3.55. The summed E-state index contributed by atoms with van der Waals surface area (Å²) in [4.78, 5) is 71.2. The molecule has 7 rings (SSSR count). The topological polar surface area (TPSA) is 143 Å². The second-order valence-corrected chi connectivity index (χ2v) is 13.7. The van der Waals surface area contributed by atoms with Crippen LogP contribution in [-0.2, 0) is 9.59 Å².